The number of benzene rings is 1. The average Bonchev–Trinajstić information content (AvgIpc) is 2.88. The van der Waals surface area contributed by atoms with Gasteiger partial charge in [-0.1, -0.05) is 12.1 Å². The fourth-order valence-corrected chi connectivity index (χ4v) is 3.92. The van der Waals surface area contributed by atoms with E-state index in [4.69, 9.17) is 5.11 Å². The molecule has 0 spiro atoms. The lowest BCUT2D eigenvalue weighted by Crippen LogP contribution is -2.26. The van der Waals surface area contributed by atoms with Crippen molar-refractivity contribution in [3.63, 3.8) is 0 Å². The van der Waals surface area contributed by atoms with Gasteiger partial charge in [0.2, 0.25) is 21.1 Å². The summed E-state index contributed by atoms with van der Waals surface area (Å²) >= 11 is 0.877. The van der Waals surface area contributed by atoms with Crippen molar-refractivity contribution in [2.75, 3.05) is 15.9 Å². The summed E-state index contributed by atoms with van der Waals surface area (Å²) < 4.78 is 25.3. The van der Waals surface area contributed by atoms with Gasteiger partial charge in [0.1, 0.15) is 0 Å². The summed E-state index contributed by atoms with van der Waals surface area (Å²) in [6.45, 7) is 1.30. The number of para-hydroxylation sites is 2. The zero-order chi connectivity index (χ0) is 17.2. The van der Waals surface area contributed by atoms with E-state index in [9.17, 15) is 18.0 Å². The highest BCUT2D eigenvalue weighted by molar-refractivity contribution is 7.92. The van der Waals surface area contributed by atoms with E-state index in [1.54, 1.807) is 18.2 Å². The molecule has 1 heterocycles. The monoisotopic (exact) mass is 355 g/mol. The van der Waals surface area contributed by atoms with Gasteiger partial charge < -0.3 is 10.4 Å². The number of carboxylic acids is 1. The van der Waals surface area contributed by atoms with Crippen molar-refractivity contribution in [1.29, 1.82) is 0 Å². The molecule has 0 unspecified atom stereocenters. The summed E-state index contributed by atoms with van der Waals surface area (Å²) in [4.78, 5) is 26.1. The van der Waals surface area contributed by atoms with Gasteiger partial charge in [-0.2, -0.15) is 0 Å². The van der Waals surface area contributed by atoms with Crippen molar-refractivity contribution in [3.8, 4) is 0 Å². The van der Waals surface area contributed by atoms with Gasteiger partial charge >= 0.3 is 5.97 Å². The molecular weight excluding hydrogens is 342 g/mol. The number of nitrogens with one attached hydrogen (secondary N) is 1. The van der Waals surface area contributed by atoms with Gasteiger partial charge in [-0.15, -0.1) is 11.3 Å². The molecule has 0 atom stereocenters. The molecule has 23 heavy (non-hydrogen) atoms. The summed E-state index contributed by atoms with van der Waals surface area (Å²) in [5.41, 5.74) is 0.199. The molecule has 0 aliphatic rings. The third kappa shape index (κ3) is 3.85. The topological polar surface area (TPSA) is 117 Å². The van der Waals surface area contributed by atoms with Gasteiger partial charge in [0.05, 0.1) is 17.6 Å². The van der Waals surface area contributed by atoms with Crippen LogP contribution < -0.4 is 9.62 Å². The Kier molecular flexibility index (Phi) is 4.66. The van der Waals surface area contributed by atoms with Gasteiger partial charge in [-0.3, -0.25) is 4.79 Å². The fraction of sp³-hybridized carbons (Fsp3) is 0.154. The molecule has 0 fully saturated rings. The van der Waals surface area contributed by atoms with E-state index in [2.05, 4.69) is 10.3 Å². The summed E-state index contributed by atoms with van der Waals surface area (Å²) in [6.07, 6.45) is 0.972. The second-order valence-corrected chi connectivity index (χ2v) is 7.21. The molecule has 2 N–H and O–H groups in total. The van der Waals surface area contributed by atoms with Gasteiger partial charge in [0.15, 0.2) is 5.69 Å². The van der Waals surface area contributed by atoms with Crippen LogP contribution in [0.25, 0.3) is 0 Å². The Morgan fingerprint density at radius 1 is 1.30 bits per heavy atom. The van der Waals surface area contributed by atoms with Crippen LogP contribution in [0.4, 0.5) is 16.5 Å². The molecule has 2 aromatic rings. The predicted molar refractivity (Wildman–Crippen MR) is 86.8 cm³/mol. The second-order valence-electron chi connectivity index (χ2n) is 4.55. The number of aromatic carboxylic acids is 1. The maximum Gasteiger partial charge on any atom is 0.355 e. The number of hydrogen-bond acceptors (Lipinski definition) is 6. The maximum absolute atomic E-state index is 12.2. The molecule has 1 aromatic carbocycles. The number of amides is 1. The predicted octanol–water partition coefficient (Wildman–Crippen LogP) is 1.90. The molecule has 10 heteroatoms. The molecule has 122 valence electrons. The first-order valence-corrected chi connectivity index (χ1v) is 8.98. The molecule has 0 aliphatic heterocycles. The van der Waals surface area contributed by atoms with Crippen LogP contribution in [0.5, 0.6) is 0 Å². The van der Waals surface area contributed by atoms with Gasteiger partial charge in [0.25, 0.3) is 0 Å². The molecule has 0 bridgehead atoms. The van der Waals surface area contributed by atoms with Crippen LogP contribution in [0, 0.1) is 0 Å². The second kappa shape index (κ2) is 6.34. The standard InChI is InChI=1S/C13H13N3O5S2/c1-8(17)14-9-5-3-4-6-11(9)16(23(2,20)21)13-15-10(7-22-13)12(18)19/h3-7H,1-2H3,(H,14,17)(H,18,19). The third-order valence-electron chi connectivity index (χ3n) is 2.65. The Labute approximate surface area is 136 Å². The first-order valence-electron chi connectivity index (χ1n) is 6.26. The van der Waals surface area contributed by atoms with Crippen LogP contribution in [-0.2, 0) is 14.8 Å². The number of anilines is 3. The van der Waals surface area contributed by atoms with E-state index >= 15 is 0 Å². The Bertz CT molecular complexity index is 860. The van der Waals surface area contributed by atoms with Gasteiger partial charge in [0, 0.05) is 12.3 Å². The van der Waals surface area contributed by atoms with Crippen LogP contribution in [0.2, 0.25) is 0 Å². The number of hydrogen-bond donors (Lipinski definition) is 2. The minimum Gasteiger partial charge on any atom is -0.476 e. The van der Waals surface area contributed by atoms with Crippen molar-refractivity contribution in [1.82, 2.24) is 4.98 Å². The Morgan fingerprint density at radius 3 is 2.48 bits per heavy atom. The summed E-state index contributed by atoms with van der Waals surface area (Å²) in [5, 5.41) is 12.7. The van der Waals surface area contributed by atoms with Crippen LogP contribution in [0.15, 0.2) is 29.6 Å². The van der Waals surface area contributed by atoms with E-state index in [-0.39, 0.29) is 28.1 Å². The number of rotatable bonds is 5. The maximum atomic E-state index is 12.2. The zero-order valence-corrected chi connectivity index (χ0v) is 13.8. The largest absolute Gasteiger partial charge is 0.476 e. The highest BCUT2D eigenvalue weighted by Gasteiger charge is 2.26. The van der Waals surface area contributed by atoms with E-state index < -0.39 is 16.0 Å². The highest BCUT2D eigenvalue weighted by Crippen LogP contribution is 2.36. The van der Waals surface area contributed by atoms with E-state index in [1.165, 1.54) is 18.4 Å². The lowest BCUT2D eigenvalue weighted by atomic mass is 10.2. The lowest BCUT2D eigenvalue weighted by Gasteiger charge is -2.22. The number of nitrogens with zero attached hydrogens (tertiary/aromatic N) is 2. The Balaban J connectivity index is 2.61. The van der Waals surface area contributed by atoms with Crippen molar-refractivity contribution < 1.29 is 23.1 Å². The smallest absolute Gasteiger partial charge is 0.355 e. The van der Waals surface area contributed by atoms with E-state index in [0.29, 0.717) is 0 Å². The van der Waals surface area contributed by atoms with Crippen LogP contribution >= 0.6 is 11.3 Å². The Hall–Kier alpha value is -2.46. The number of carbonyl (C=O) groups is 2. The molecule has 0 aliphatic carbocycles. The Morgan fingerprint density at radius 2 is 1.96 bits per heavy atom. The minimum atomic E-state index is -3.80. The van der Waals surface area contributed by atoms with E-state index in [1.807, 2.05) is 0 Å². The summed E-state index contributed by atoms with van der Waals surface area (Å²) in [7, 11) is -3.80. The zero-order valence-electron chi connectivity index (χ0n) is 12.2. The molecule has 8 nitrogen and oxygen atoms in total. The first-order chi connectivity index (χ1) is 10.7. The molecule has 2 rings (SSSR count). The first kappa shape index (κ1) is 16.9. The summed E-state index contributed by atoms with van der Waals surface area (Å²) in [6, 6.07) is 6.28. The number of sulfonamides is 1. The average molecular weight is 355 g/mol. The number of thiazole rings is 1. The minimum absolute atomic E-state index is 0.0253. The van der Waals surface area contributed by atoms with Crippen LogP contribution in [0.1, 0.15) is 17.4 Å². The molecule has 0 saturated carbocycles. The molecule has 1 aromatic heterocycles. The number of aromatic nitrogens is 1. The SMILES string of the molecule is CC(=O)Nc1ccccc1N(c1nc(C(=O)O)cs1)S(C)(=O)=O. The fourth-order valence-electron chi connectivity index (χ4n) is 1.83. The van der Waals surface area contributed by atoms with Crippen LogP contribution in [0.3, 0.4) is 0 Å². The van der Waals surface area contributed by atoms with Gasteiger partial charge in [-0.25, -0.2) is 22.5 Å². The number of carboxylic acid groups (broad SMARTS) is 1. The molecular formula is C13H13N3O5S2. The van der Waals surface area contributed by atoms with Crippen molar-refractivity contribution in [3.05, 3.63) is 35.3 Å². The van der Waals surface area contributed by atoms with Gasteiger partial charge in [-0.05, 0) is 12.1 Å². The summed E-state index contributed by atoms with van der Waals surface area (Å²) in [5.74, 6) is -1.62. The van der Waals surface area contributed by atoms with E-state index in [0.717, 1.165) is 21.9 Å². The lowest BCUT2D eigenvalue weighted by molar-refractivity contribution is -0.114. The number of carbonyl (C=O) groups excluding carboxylic acids is 1. The van der Waals surface area contributed by atoms with Crippen molar-refractivity contribution in [2.24, 2.45) is 0 Å². The quantitative estimate of drug-likeness (QED) is 0.846. The molecule has 0 radical (unpaired) electrons. The molecule has 0 saturated heterocycles. The normalized spacial score (nSPS) is 11.0. The molecule has 1 amide bonds. The highest BCUT2D eigenvalue weighted by atomic mass is 32.2. The van der Waals surface area contributed by atoms with Crippen molar-refractivity contribution in [2.45, 2.75) is 6.92 Å². The van der Waals surface area contributed by atoms with Crippen LogP contribution in [-0.4, -0.2) is 36.6 Å². The third-order valence-corrected chi connectivity index (χ3v) is 4.62. The van der Waals surface area contributed by atoms with Crippen molar-refractivity contribution >= 4 is 49.7 Å².